The zero-order chi connectivity index (χ0) is 17.4. The Hall–Kier alpha value is -1.83. The second-order valence-electron chi connectivity index (χ2n) is 4.66. The summed E-state index contributed by atoms with van der Waals surface area (Å²) < 4.78 is 40.5. The van der Waals surface area contributed by atoms with Crippen LogP contribution in [0, 0.1) is 12.7 Å². The van der Waals surface area contributed by atoms with E-state index < -0.39 is 37.3 Å². The molecule has 23 heavy (non-hydrogen) atoms. The van der Waals surface area contributed by atoms with Gasteiger partial charge in [0.05, 0.1) is 21.3 Å². The van der Waals surface area contributed by atoms with Crippen LogP contribution in [0.25, 0.3) is 0 Å². The molecule has 0 saturated heterocycles. The number of anilines is 1. The average molecular weight is 378 g/mol. The molecule has 2 aromatic rings. The molecular weight excluding hydrogens is 368 g/mol. The van der Waals surface area contributed by atoms with E-state index in [2.05, 4.69) is 4.72 Å². The Labute approximate surface area is 141 Å². The minimum Gasteiger partial charge on any atom is -0.478 e. The number of aromatic carboxylic acids is 1. The van der Waals surface area contributed by atoms with Crippen LogP contribution < -0.4 is 4.72 Å². The second-order valence-corrected chi connectivity index (χ2v) is 7.12. The van der Waals surface area contributed by atoms with Crippen molar-refractivity contribution in [1.82, 2.24) is 0 Å². The molecule has 0 bridgehead atoms. The Bertz CT molecular complexity index is 900. The van der Waals surface area contributed by atoms with Crippen LogP contribution in [0.1, 0.15) is 15.9 Å². The summed E-state index contributed by atoms with van der Waals surface area (Å²) in [6.07, 6.45) is 0. The first-order valence-electron chi connectivity index (χ1n) is 6.13. The standard InChI is InChI=1S/C14H10Cl2FNO4S/c1-7-2-3-12(9(15)4-7)18-23(21,22)13-5-8(14(19)20)11(17)6-10(13)16/h2-6,18H,1H3,(H,19,20). The maximum Gasteiger partial charge on any atom is 0.338 e. The van der Waals surface area contributed by atoms with Gasteiger partial charge in [-0.15, -0.1) is 0 Å². The van der Waals surface area contributed by atoms with Crippen molar-refractivity contribution in [2.24, 2.45) is 0 Å². The van der Waals surface area contributed by atoms with E-state index in [0.29, 0.717) is 12.1 Å². The molecule has 122 valence electrons. The van der Waals surface area contributed by atoms with E-state index in [4.69, 9.17) is 28.3 Å². The van der Waals surface area contributed by atoms with E-state index in [-0.39, 0.29) is 10.7 Å². The van der Waals surface area contributed by atoms with Crippen LogP contribution in [-0.2, 0) is 10.0 Å². The van der Waals surface area contributed by atoms with Gasteiger partial charge in [0, 0.05) is 0 Å². The first kappa shape index (κ1) is 17.5. The highest BCUT2D eigenvalue weighted by Crippen LogP contribution is 2.29. The van der Waals surface area contributed by atoms with Crippen LogP contribution in [0.3, 0.4) is 0 Å². The van der Waals surface area contributed by atoms with Crippen molar-refractivity contribution in [3.05, 3.63) is 57.3 Å². The Morgan fingerprint density at radius 2 is 1.83 bits per heavy atom. The van der Waals surface area contributed by atoms with Crippen LogP contribution in [0.4, 0.5) is 10.1 Å². The molecule has 0 aliphatic carbocycles. The quantitative estimate of drug-likeness (QED) is 0.844. The Kier molecular flexibility index (Phi) is 4.84. The molecule has 2 rings (SSSR count). The minimum absolute atomic E-state index is 0.0922. The van der Waals surface area contributed by atoms with Crippen molar-refractivity contribution >= 4 is 44.9 Å². The fourth-order valence-electron chi connectivity index (χ4n) is 1.80. The number of benzene rings is 2. The first-order valence-corrected chi connectivity index (χ1v) is 8.37. The number of rotatable bonds is 4. The fourth-order valence-corrected chi connectivity index (χ4v) is 3.76. The van der Waals surface area contributed by atoms with Crippen LogP contribution in [0.15, 0.2) is 35.2 Å². The van der Waals surface area contributed by atoms with Gasteiger partial charge in [-0.25, -0.2) is 17.6 Å². The Morgan fingerprint density at radius 1 is 1.17 bits per heavy atom. The third kappa shape index (κ3) is 3.74. The molecule has 0 aromatic heterocycles. The number of halogens is 3. The van der Waals surface area contributed by atoms with Crippen LogP contribution in [0.2, 0.25) is 10.0 Å². The Balaban J connectivity index is 2.51. The van der Waals surface area contributed by atoms with E-state index >= 15 is 0 Å². The molecule has 0 fully saturated rings. The van der Waals surface area contributed by atoms with Gasteiger partial charge in [-0.1, -0.05) is 29.3 Å². The first-order chi connectivity index (χ1) is 10.6. The zero-order valence-corrected chi connectivity index (χ0v) is 13.9. The largest absolute Gasteiger partial charge is 0.478 e. The molecule has 5 nitrogen and oxygen atoms in total. The van der Waals surface area contributed by atoms with Crippen molar-refractivity contribution in [1.29, 1.82) is 0 Å². The summed E-state index contributed by atoms with van der Waals surface area (Å²) in [6.45, 7) is 1.78. The summed E-state index contributed by atoms with van der Waals surface area (Å²) in [5.74, 6) is -2.74. The third-order valence-corrected chi connectivity index (χ3v) is 5.05. The van der Waals surface area contributed by atoms with Gasteiger partial charge in [0.1, 0.15) is 10.7 Å². The van der Waals surface area contributed by atoms with Gasteiger partial charge < -0.3 is 5.11 Å². The molecule has 0 aliphatic rings. The molecule has 0 spiro atoms. The number of aryl methyl sites for hydroxylation is 1. The molecule has 2 aromatic carbocycles. The van der Waals surface area contributed by atoms with Crippen molar-refractivity contribution in [2.75, 3.05) is 4.72 Å². The number of carbonyl (C=O) groups is 1. The summed E-state index contributed by atoms with van der Waals surface area (Å²) in [5.41, 5.74) is 0.116. The van der Waals surface area contributed by atoms with E-state index in [1.165, 1.54) is 6.07 Å². The predicted octanol–water partition coefficient (Wildman–Crippen LogP) is 3.94. The van der Waals surface area contributed by atoms with Crippen LogP contribution in [0.5, 0.6) is 0 Å². The van der Waals surface area contributed by atoms with Gasteiger partial charge in [0.25, 0.3) is 10.0 Å². The lowest BCUT2D eigenvalue weighted by molar-refractivity contribution is 0.0691. The van der Waals surface area contributed by atoms with E-state index in [1.54, 1.807) is 19.1 Å². The summed E-state index contributed by atoms with van der Waals surface area (Å²) in [4.78, 5) is 10.4. The predicted molar refractivity (Wildman–Crippen MR) is 85.4 cm³/mol. The van der Waals surface area contributed by atoms with Gasteiger partial charge in [-0.3, -0.25) is 4.72 Å². The SMILES string of the molecule is Cc1ccc(NS(=O)(=O)c2cc(C(=O)O)c(F)cc2Cl)c(Cl)c1. The molecule has 9 heteroatoms. The number of sulfonamides is 1. The summed E-state index contributed by atoms with van der Waals surface area (Å²) in [5, 5.41) is 8.61. The Morgan fingerprint density at radius 3 is 2.39 bits per heavy atom. The number of carboxylic acids is 1. The summed E-state index contributed by atoms with van der Waals surface area (Å²) >= 11 is 11.7. The number of hydrogen-bond acceptors (Lipinski definition) is 3. The molecule has 0 saturated carbocycles. The third-order valence-electron chi connectivity index (χ3n) is 2.91. The molecule has 0 unspecified atom stereocenters. The van der Waals surface area contributed by atoms with Gasteiger partial charge in [0.15, 0.2) is 0 Å². The highest BCUT2D eigenvalue weighted by molar-refractivity contribution is 7.92. The van der Waals surface area contributed by atoms with Crippen LogP contribution >= 0.6 is 23.2 Å². The molecule has 0 radical (unpaired) electrons. The maximum atomic E-state index is 13.5. The van der Waals surface area contributed by atoms with Crippen molar-refractivity contribution in [2.45, 2.75) is 11.8 Å². The van der Waals surface area contributed by atoms with Gasteiger partial charge >= 0.3 is 5.97 Å². The van der Waals surface area contributed by atoms with Crippen LogP contribution in [-0.4, -0.2) is 19.5 Å². The lowest BCUT2D eigenvalue weighted by atomic mass is 10.2. The normalized spacial score (nSPS) is 11.3. The van der Waals surface area contributed by atoms with Gasteiger partial charge in [0.2, 0.25) is 0 Å². The van der Waals surface area contributed by atoms with Crippen molar-refractivity contribution in [3.8, 4) is 0 Å². The molecular formula is C14H10Cl2FNO4S. The molecule has 0 aliphatic heterocycles. The van der Waals surface area contributed by atoms with E-state index in [1.807, 2.05) is 0 Å². The number of hydrogen-bond donors (Lipinski definition) is 2. The summed E-state index contributed by atoms with van der Waals surface area (Å²) in [6, 6.07) is 5.93. The molecule has 0 amide bonds. The highest BCUT2D eigenvalue weighted by atomic mass is 35.5. The molecule has 0 heterocycles. The van der Waals surface area contributed by atoms with Gasteiger partial charge in [-0.2, -0.15) is 0 Å². The van der Waals surface area contributed by atoms with Gasteiger partial charge in [-0.05, 0) is 36.8 Å². The fraction of sp³-hybridized carbons (Fsp3) is 0.0714. The topological polar surface area (TPSA) is 83.5 Å². The zero-order valence-electron chi connectivity index (χ0n) is 11.6. The summed E-state index contributed by atoms with van der Waals surface area (Å²) in [7, 11) is -4.25. The smallest absolute Gasteiger partial charge is 0.338 e. The minimum atomic E-state index is -4.25. The maximum absolute atomic E-state index is 13.5. The lowest BCUT2D eigenvalue weighted by Crippen LogP contribution is -2.15. The monoisotopic (exact) mass is 377 g/mol. The lowest BCUT2D eigenvalue weighted by Gasteiger charge is -2.12. The molecule has 0 atom stereocenters. The van der Waals surface area contributed by atoms with E-state index in [9.17, 15) is 17.6 Å². The second kappa shape index (κ2) is 6.35. The highest BCUT2D eigenvalue weighted by Gasteiger charge is 2.24. The van der Waals surface area contributed by atoms with Crippen molar-refractivity contribution in [3.63, 3.8) is 0 Å². The number of carboxylic acid groups (broad SMARTS) is 1. The van der Waals surface area contributed by atoms with Crippen molar-refractivity contribution < 1.29 is 22.7 Å². The molecule has 2 N–H and O–H groups in total. The average Bonchev–Trinajstić information content (AvgIpc) is 2.41. The number of nitrogens with one attached hydrogen (secondary N) is 1. The van der Waals surface area contributed by atoms with E-state index in [0.717, 1.165) is 5.56 Å².